The lowest BCUT2D eigenvalue weighted by atomic mass is 10.1. The molecule has 4 nitrogen and oxygen atoms in total. The fourth-order valence-electron chi connectivity index (χ4n) is 2.49. The summed E-state index contributed by atoms with van der Waals surface area (Å²) >= 11 is 0. The summed E-state index contributed by atoms with van der Waals surface area (Å²) in [7, 11) is 0. The molecule has 0 aliphatic carbocycles. The first-order valence-electron chi connectivity index (χ1n) is 8.32. The zero-order valence-corrected chi connectivity index (χ0v) is 14.6. The summed E-state index contributed by atoms with van der Waals surface area (Å²) < 4.78 is 0. The molecular weight excluding hydrogens is 298 g/mol. The van der Waals surface area contributed by atoms with Crippen LogP contribution < -0.4 is 10.7 Å². The molecule has 2 aromatic rings. The van der Waals surface area contributed by atoms with Gasteiger partial charge in [-0.1, -0.05) is 61.4 Å². The Hall–Kier alpha value is -2.62. The van der Waals surface area contributed by atoms with E-state index in [0.717, 1.165) is 35.4 Å². The smallest absolute Gasteiger partial charge is 0.259 e. The van der Waals surface area contributed by atoms with Crippen LogP contribution in [0.3, 0.4) is 0 Å². The fourth-order valence-corrected chi connectivity index (χ4v) is 2.49. The van der Waals surface area contributed by atoms with Crippen molar-refractivity contribution in [2.24, 2.45) is 5.10 Å². The average Bonchev–Trinajstić information content (AvgIpc) is 2.58. The molecule has 2 aromatic carbocycles. The van der Waals surface area contributed by atoms with Crippen LogP contribution in [0.1, 0.15) is 36.5 Å². The summed E-state index contributed by atoms with van der Waals surface area (Å²) in [4.78, 5) is 12.1. The summed E-state index contributed by atoms with van der Waals surface area (Å²) in [6, 6.07) is 16.1. The number of amides is 1. The summed E-state index contributed by atoms with van der Waals surface area (Å²) in [6.07, 6.45) is 1.80. The van der Waals surface area contributed by atoms with Crippen molar-refractivity contribution in [2.75, 3.05) is 11.9 Å². The second-order valence-electron chi connectivity index (χ2n) is 5.88. The Kier molecular flexibility index (Phi) is 6.55. The number of hydrazone groups is 1. The number of hydrogen-bond acceptors (Lipinski definition) is 3. The largest absolute Gasteiger partial charge is 0.376 e. The number of hydrogen-bond donors (Lipinski definition) is 2. The van der Waals surface area contributed by atoms with Crippen LogP contribution in [0.4, 0.5) is 5.69 Å². The highest BCUT2D eigenvalue weighted by Gasteiger charge is 2.05. The van der Waals surface area contributed by atoms with Crippen LogP contribution >= 0.6 is 0 Å². The van der Waals surface area contributed by atoms with Gasteiger partial charge in [-0.15, -0.1) is 0 Å². The quantitative estimate of drug-likeness (QED) is 0.597. The fraction of sp³-hybridized carbons (Fsp3) is 0.300. The molecule has 0 heterocycles. The van der Waals surface area contributed by atoms with Gasteiger partial charge in [0.1, 0.15) is 0 Å². The molecule has 0 aliphatic rings. The first-order chi connectivity index (χ1) is 11.6. The monoisotopic (exact) mass is 323 g/mol. The normalized spacial score (nSPS) is 11.2. The molecule has 0 saturated carbocycles. The van der Waals surface area contributed by atoms with Gasteiger partial charge >= 0.3 is 0 Å². The molecule has 0 saturated heterocycles. The van der Waals surface area contributed by atoms with Crippen LogP contribution in [0.2, 0.25) is 0 Å². The van der Waals surface area contributed by atoms with Crippen LogP contribution in [0.5, 0.6) is 0 Å². The van der Waals surface area contributed by atoms with Crippen molar-refractivity contribution in [2.45, 2.75) is 33.6 Å². The Bertz CT molecular complexity index is 708. The number of nitrogens with zero attached hydrogens (tertiary/aromatic N) is 1. The second kappa shape index (κ2) is 8.87. The summed E-state index contributed by atoms with van der Waals surface area (Å²) in [5.41, 5.74) is 7.90. The van der Waals surface area contributed by atoms with Crippen LogP contribution in [-0.2, 0) is 4.79 Å². The Morgan fingerprint density at radius 3 is 2.50 bits per heavy atom. The van der Waals surface area contributed by atoms with Gasteiger partial charge in [-0.3, -0.25) is 4.79 Å². The number of carbonyl (C=O) groups excluding carboxylic acids is 1. The molecule has 0 aromatic heterocycles. The second-order valence-corrected chi connectivity index (χ2v) is 5.88. The number of benzene rings is 2. The third-order valence-electron chi connectivity index (χ3n) is 3.73. The van der Waals surface area contributed by atoms with Gasteiger partial charge in [-0.2, -0.15) is 5.10 Å². The minimum Gasteiger partial charge on any atom is -0.376 e. The van der Waals surface area contributed by atoms with Gasteiger partial charge < -0.3 is 5.32 Å². The predicted octanol–water partition coefficient (Wildman–Crippen LogP) is 4.04. The van der Waals surface area contributed by atoms with E-state index in [1.54, 1.807) is 0 Å². The summed E-state index contributed by atoms with van der Waals surface area (Å²) in [5.74, 6) is -0.153. The Morgan fingerprint density at radius 2 is 1.83 bits per heavy atom. The number of anilines is 1. The van der Waals surface area contributed by atoms with E-state index in [1.807, 2.05) is 49.4 Å². The molecule has 2 rings (SSSR count). The van der Waals surface area contributed by atoms with Crippen molar-refractivity contribution in [3.63, 3.8) is 0 Å². The molecular formula is C20H25N3O. The van der Waals surface area contributed by atoms with Gasteiger partial charge in [-0.25, -0.2) is 5.43 Å². The highest BCUT2D eigenvalue weighted by Crippen LogP contribution is 2.15. The highest BCUT2D eigenvalue weighted by molar-refractivity contribution is 6.01. The van der Waals surface area contributed by atoms with Gasteiger partial charge in [-0.05, 0) is 37.5 Å². The Labute approximate surface area is 144 Å². The maximum absolute atomic E-state index is 12.1. The molecule has 1 amide bonds. The van der Waals surface area contributed by atoms with Crippen molar-refractivity contribution >= 4 is 17.3 Å². The van der Waals surface area contributed by atoms with E-state index in [0.29, 0.717) is 0 Å². The minimum absolute atomic E-state index is 0.153. The van der Waals surface area contributed by atoms with Crippen LogP contribution in [-0.4, -0.2) is 18.2 Å². The summed E-state index contributed by atoms with van der Waals surface area (Å²) in [6.45, 7) is 6.38. The van der Waals surface area contributed by atoms with Crippen molar-refractivity contribution in [1.82, 2.24) is 5.43 Å². The van der Waals surface area contributed by atoms with Gasteiger partial charge in [0.05, 0.1) is 12.3 Å². The van der Waals surface area contributed by atoms with E-state index in [4.69, 9.17) is 0 Å². The van der Waals surface area contributed by atoms with Gasteiger partial charge in [0.2, 0.25) is 0 Å². The minimum atomic E-state index is -0.153. The topological polar surface area (TPSA) is 53.5 Å². The van der Waals surface area contributed by atoms with E-state index < -0.39 is 0 Å². The molecule has 2 N–H and O–H groups in total. The van der Waals surface area contributed by atoms with Gasteiger partial charge in [0.25, 0.3) is 5.91 Å². The number of aryl methyl sites for hydroxylation is 2. The third-order valence-corrected chi connectivity index (χ3v) is 3.73. The highest BCUT2D eigenvalue weighted by atomic mass is 16.2. The molecule has 0 atom stereocenters. The molecule has 0 fully saturated rings. The molecule has 0 unspecified atom stereocenters. The molecule has 24 heavy (non-hydrogen) atoms. The van der Waals surface area contributed by atoms with Crippen molar-refractivity contribution in [1.29, 1.82) is 0 Å². The van der Waals surface area contributed by atoms with Crippen LogP contribution in [0.15, 0.2) is 53.6 Å². The number of nitrogens with one attached hydrogen (secondary N) is 2. The van der Waals surface area contributed by atoms with E-state index in [-0.39, 0.29) is 12.5 Å². The Morgan fingerprint density at radius 1 is 1.08 bits per heavy atom. The van der Waals surface area contributed by atoms with E-state index in [2.05, 4.69) is 35.8 Å². The lowest BCUT2D eigenvalue weighted by molar-refractivity contribution is -0.119. The lowest BCUT2D eigenvalue weighted by Gasteiger charge is -2.10. The molecule has 0 radical (unpaired) electrons. The van der Waals surface area contributed by atoms with E-state index in [1.165, 1.54) is 5.56 Å². The maximum atomic E-state index is 12.1. The van der Waals surface area contributed by atoms with Gasteiger partial charge in [0.15, 0.2) is 0 Å². The molecule has 0 spiro atoms. The Balaban J connectivity index is 1.95. The van der Waals surface area contributed by atoms with Crippen LogP contribution in [0, 0.1) is 13.8 Å². The van der Waals surface area contributed by atoms with Crippen molar-refractivity contribution < 1.29 is 4.79 Å². The van der Waals surface area contributed by atoms with Gasteiger partial charge in [0, 0.05) is 5.69 Å². The van der Waals surface area contributed by atoms with E-state index in [9.17, 15) is 4.79 Å². The molecule has 0 bridgehead atoms. The maximum Gasteiger partial charge on any atom is 0.259 e. The zero-order chi connectivity index (χ0) is 17.4. The van der Waals surface area contributed by atoms with Crippen molar-refractivity contribution in [3.8, 4) is 0 Å². The van der Waals surface area contributed by atoms with Crippen molar-refractivity contribution in [3.05, 3.63) is 65.2 Å². The standard InChI is InChI=1S/C20H25N3O/c1-4-8-19(17-9-6-5-7-10-17)22-23-20(24)14-21-18-12-11-15(2)13-16(18)3/h5-7,9-13,21H,4,8,14H2,1-3H3,(H,23,24). The lowest BCUT2D eigenvalue weighted by Crippen LogP contribution is -2.27. The molecule has 126 valence electrons. The first-order valence-corrected chi connectivity index (χ1v) is 8.32. The summed E-state index contributed by atoms with van der Waals surface area (Å²) in [5, 5.41) is 7.46. The third kappa shape index (κ3) is 5.23. The predicted molar refractivity (Wildman–Crippen MR) is 100 cm³/mol. The van der Waals surface area contributed by atoms with Crippen LogP contribution in [0.25, 0.3) is 0 Å². The molecule has 0 aliphatic heterocycles. The SMILES string of the molecule is CCCC(=NNC(=O)CNc1ccc(C)cc1C)c1ccccc1. The number of carbonyl (C=O) groups is 1. The molecule has 4 heteroatoms. The number of rotatable bonds is 7. The van der Waals surface area contributed by atoms with E-state index >= 15 is 0 Å². The average molecular weight is 323 g/mol. The zero-order valence-electron chi connectivity index (χ0n) is 14.6. The first kappa shape index (κ1) is 17.7.